The molecular formula is C14H15BrO2. The molecule has 0 radical (unpaired) electrons. The molecule has 3 heteroatoms. The Bertz CT molecular complexity index is 523. The van der Waals surface area contributed by atoms with E-state index in [4.69, 9.17) is 4.74 Å². The van der Waals surface area contributed by atoms with Crippen molar-refractivity contribution in [3.8, 4) is 11.5 Å². The Kier molecular flexibility index (Phi) is 3.89. The van der Waals surface area contributed by atoms with Crippen LogP contribution in [0.2, 0.25) is 0 Å². The lowest BCUT2D eigenvalue weighted by molar-refractivity contribution is 0.322. The number of ether oxygens (including phenoxy) is 1. The maximum Gasteiger partial charge on any atom is 0.127 e. The highest BCUT2D eigenvalue weighted by Crippen LogP contribution is 2.35. The topological polar surface area (TPSA) is 29.5 Å². The van der Waals surface area contributed by atoms with E-state index in [0.717, 1.165) is 33.8 Å². The summed E-state index contributed by atoms with van der Waals surface area (Å²) in [7, 11) is 0. The average Bonchev–Trinajstić information content (AvgIpc) is 2.36. The van der Waals surface area contributed by atoms with Gasteiger partial charge >= 0.3 is 0 Å². The molecule has 0 fully saturated rings. The minimum atomic E-state index is 0.341. The van der Waals surface area contributed by atoms with Gasteiger partial charge in [0.1, 0.15) is 11.5 Å². The molecule has 2 rings (SSSR count). The van der Waals surface area contributed by atoms with Gasteiger partial charge in [-0.3, -0.25) is 0 Å². The first kappa shape index (κ1) is 12.2. The van der Waals surface area contributed by atoms with Crippen LogP contribution in [0.15, 0.2) is 30.3 Å². The van der Waals surface area contributed by atoms with E-state index in [1.54, 1.807) is 0 Å². The largest absolute Gasteiger partial charge is 0.507 e. The fourth-order valence-corrected chi connectivity index (χ4v) is 2.04. The predicted molar refractivity (Wildman–Crippen MR) is 74.3 cm³/mol. The molecule has 0 saturated heterocycles. The Morgan fingerprint density at radius 2 is 1.94 bits per heavy atom. The molecule has 0 amide bonds. The molecule has 2 aromatic carbocycles. The molecule has 0 atom stereocenters. The summed E-state index contributed by atoms with van der Waals surface area (Å²) >= 11 is 3.38. The molecule has 0 aliphatic rings. The SMILES string of the molecule is Cc1cc(OCCCBr)c2ccccc2c1O. The van der Waals surface area contributed by atoms with Crippen LogP contribution in [0.3, 0.4) is 0 Å². The van der Waals surface area contributed by atoms with Crippen LogP contribution in [-0.4, -0.2) is 17.0 Å². The van der Waals surface area contributed by atoms with E-state index >= 15 is 0 Å². The minimum Gasteiger partial charge on any atom is -0.507 e. The molecule has 90 valence electrons. The van der Waals surface area contributed by atoms with Crippen LogP contribution in [0.1, 0.15) is 12.0 Å². The predicted octanol–water partition coefficient (Wildman–Crippen LogP) is 4.02. The molecule has 2 nitrogen and oxygen atoms in total. The second kappa shape index (κ2) is 5.41. The van der Waals surface area contributed by atoms with Crippen LogP contribution in [-0.2, 0) is 0 Å². The van der Waals surface area contributed by atoms with Gasteiger partial charge in [0.15, 0.2) is 0 Å². The molecule has 1 N–H and O–H groups in total. The van der Waals surface area contributed by atoms with Gasteiger partial charge in [-0.15, -0.1) is 0 Å². The number of aromatic hydroxyl groups is 1. The number of benzene rings is 2. The number of phenols is 1. The lowest BCUT2D eigenvalue weighted by Crippen LogP contribution is -1.98. The summed E-state index contributed by atoms with van der Waals surface area (Å²) in [6.45, 7) is 2.57. The van der Waals surface area contributed by atoms with Gasteiger partial charge in [-0.1, -0.05) is 40.2 Å². The highest BCUT2D eigenvalue weighted by molar-refractivity contribution is 9.09. The Morgan fingerprint density at radius 1 is 1.24 bits per heavy atom. The minimum absolute atomic E-state index is 0.341. The lowest BCUT2D eigenvalue weighted by atomic mass is 10.1. The van der Waals surface area contributed by atoms with Gasteiger partial charge in [0.05, 0.1) is 6.61 Å². The molecule has 17 heavy (non-hydrogen) atoms. The summed E-state index contributed by atoms with van der Waals surface area (Å²) in [5.41, 5.74) is 0.845. The third-order valence-electron chi connectivity index (χ3n) is 2.70. The molecule has 0 aliphatic carbocycles. The van der Waals surface area contributed by atoms with Crippen LogP contribution < -0.4 is 4.74 Å². The number of phenolic OH excluding ortho intramolecular Hbond substituents is 1. The molecule has 0 aromatic heterocycles. The summed E-state index contributed by atoms with van der Waals surface area (Å²) in [4.78, 5) is 0. The third kappa shape index (κ3) is 2.55. The van der Waals surface area contributed by atoms with Crippen LogP contribution in [0.25, 0.3) is 10.8 Å². The van der Waals surface area contributed by atoms with Crippen LogP contribution in [0.4, 0.5) is 0 Å². The third-order valence-corrected chi connectivity index (χ3v) is 3.27. The molecule has 0 aliphatic heterocycles. The van der Waals surface area contributed by atoms with E-state index in [1.807, 2.05) is 37.3 Å². The normalized spacial score (nSPS) is 10.7. The van der Waals surface area contributed by atoms with E-state index in [2.05, 4.69) is 15.9 Å². The number of hydrogen-bond acceptors (Lipinski definition) is 2. The Labute approximate surface area is 109 Å². The highest BCUT2D eigenvalue weighted by Gasteiger charge is 2.08. The zero-order chi connectivity index (χ0) is 12.3. The molecule has 0 bridgehead atoms. The average molecular weight is 295 g/mol. The number of fused-ring (bicyclic) bond motifs is 1. The van der Waals surface area contributed by atoms with Gasteiger partial charge in [-0.2, -0.15) is 0 Å². The van der Waals surface area contributed by atoms with Crippen molar-refractivity contribution in [3.05, 3.63) is 35.9 Å². The highest BCUT2D eigenvalue weighted by atomic mass is 79.9. The maximum absolute atomic E-state index is 9.99. The molecular weight excluding hydrogens is 280 g/mol. The fourth-order valence-electron chi connectivity index (χ4n) is 1.82. The van der Waals surface area contributed by atoms with Gasteiger partial charge in [-0.25, -0.2) is 0 Å². The van der Waals surface area contributed by atoms with Gasteiger partial charge in [-0.05, 0) is 25.0 Å². The van der Waals surface area contributed by atoms with E-state index in [-0.39, 0.29) is 0 Å². The standard InChI is InChI=1S/C14H15BrO2/c1-10-9-13(17-8-4-7-15)11-5-2-3-6-12(11)14(10)16/h2-3,5-6,9,16H,4,7-8H2,1H3. The molecule has 0 spiro atoms. The number of aryl methyl sites for hydroxylation is 1. The van der Waals surface area contributed by atoms with E-state index < -0.39 is 0 Å². The second-order valence-corrected chi connectivity index (χ2v) is 4.77. The van der Waals surface area contributed by atoms with Crippen LogP contribution in [0.5, 0.6) is 11.5 Å². The first-order valence-electron chi connectivity index (χ1n) is 5.64. The molecule has 0 saturated carbocycles. The Hall–Kier alpha value is -1.22. The zero-order valence-electron chi connectivity index (χ0n) is 9.74. The monoisotopic (exact) mass is 294 g/mol. The van der Waals surface area contributed by atoms with Crippen molar-refractivity contribution in [2.45, 2.75) is 13.3 Å². The quantitative estimate of drug-likeness (QED) is 0.682. The maximum atomic E-state index is 9.99. The van der Waals surface area contributed by atoms with Gasteiger partial charge < -0.3 is 9.84 Å². The van der Waals surface area contributed by atoms with Crippen LogP contribution >= 0.6 is 15.9 Å². The van der Waals surface area contributed by atoms with Crippen molar-refractivity contribution in [2.75, 3.05) is 11.9 Å². The molecule has 2 aromatic rings. The van der Waals surface area contributed by atoms with Crippen LogP contribution in [0, 0.1) is 6.92 Å². The lowest BCUT2D eigenvalue weighted by Gasteiger charge is -2.12. The second-order valence-electron chi connectivity index (χ2n) is 3.98. The van der Waals surface area contributed by atoms with Crippen molar-refractivity contribution in [1.29, 1.82) is 0 Å². The van der Waals surface area contributed by atoms with Gasteiger partial charge in [0, 0.05) is 16.1 Å². The van der Waals surface area contributed by atoms with E-state index in [1.165, 1.54) is 0 Å². The summed E-state index contributed by atoms with van der Waals surface area (Å²) < 4.78 is 5.75. The van der Waals surface area contributed by atoms with Crippen molar-refractivity contribution < 1.29 is 9.84 Å². The summed E-state index contributed by atoms with van der Waals surface area (Å²) in [5, 5.41) is 12.7. The first-order valence-corrected chi connectivity index (χ1v) is 6.76. The smallest absolute Gasteiger partial charge is 0.127 e. The number of halogens is 1. The zero-order valence-corrected chi connectivity index (χ0v) is 11.3. The van der Waals surface area contributed by atoms with Crippen molar-refractivity contribution >= 4 is 26.7 Å². The number of rotatable bonds is 4. The molecule has 0 heterocycles. The summed E-state index contributed by atoms with van der Waals surface area (Å²) in [6.07, 6.45) is 0.967. The fraction of sp³-hybridized carbons (Fsp3) is 0.286. The Balaban J connectivity index is 2.44. The van der Waals surface area contributed by atoms with Gasteiger partial charge in [0.2, 0.25) is 0 Å². The first-order chi connectivity index (χ1) is 8.24. The van der Waals surface area contributed by atoms with Crippen molar-refractivity contribution in [2.24, 2.45) is 0 Å². The Morgan fingerprint density at radius 3 is 2.65 bits per heavy atom. The van der Waals surface area contributed by atoms with E-state index in [9.17, 15) is 5.11 Å². The van der Waals surface area contributed by atoms with Crippen molar-refractivity contribution in [3.63, 3.8) is 0 Å². The summed E-state index contributed by atoms with van der Waals surface area (Å²) in [6, 6.07) is 9.65. The summed E-state index contributed by atoms with van der Waals surface area (Å²) in [5.74, 6) is 1.19. The number of alkyl halides is 1. The van der Waals surface area contributed by atoms with Gasteiger partial charge in [0.25, 0.3) is 0 Å². The van der Waals surface area contributed by atoms with E-state index in [0.29, 0.717) is 12.4 Å². The van der Waals surface area contributed by atoms with Crippen molar-refractivity contribution in [1.82, 2.24) is 0 Å². The number of hydrogen-bond donors (Lipinski definition) is 1. The molecule has 0 unspecified atom stereocenters.